The van der Waals surface area contributed by atoms with Gasteiger partial charge < -0.3 is 29.6 Å². The Bertz CT molecular complexity index is 1230. The molecule has 3 N–H and O–H groups in total. The molecule has 0 unspecified atom stereocenters. The van der Waals surface area contributed by atoms with Crippen LogP contribution in [0, 0.1) is 0 Å². The summed E-state index contributed by atoms with van der Waals surface area (Å²) in [5.74, 6) is 1.37. The van der Waals surface area contributed by atoms with E-state index in [9.17, 15) is 15.0 Å². The summed E-state index contributed by atoms with van der Waals surface area (Å²) >= 11 is 0. The molecule has 1 amide bonds. The van der Waals surface area contributed by atoms with E-state index < -0.39 is 11.5 Å². The fraction of sp³-hybridized carbons (Fsp3) is 0.423. The first-order valence-electron chi connectivity index (χ1n) is 11.4. The summed E-state index contributed by atoms with van der Waals surface area (Å²) in [5, 5.41) is 23.7. The van der Waals surface area contributed by atoms with Crippen LogP contribution in [0.4, 0.5) is 5.69 Å². The minimum Gasteiger partial charge on any atom is -0.454 e. The normalized spacial score (nSPS) is 16.4. The topological polar surface area (TPSA) is 93.0 Å². The molecule has 2 aromatic carbocycles. The van der Waals surface area contributed by atoms with Gasteiger partial charge in [-0.15, -0.1) is 0 Å². The van der Waals surface area contributed by atoms with Crippen LogP contribution >= 0.6 is 0 Å². The molecule has 1 fully saturated rings. The Kier molecular flexibility index (Phi) is 5.14. The number of carbonyl (C=O) groups excluding carboxylic acids is 1. The number of benzene rings is 2. The van der Waals surface area contributed by atoms with E-state index in [2.05, 4.69) is 32.2 Å². The standard InChI is InChI=1S/C26H30N2O5.2H2/c1-25(2,3)23-11-16-10-18(5-6-20(16)28(23)19(13-29)14-30)27-24(31)26(8-9-26)17-4-7-21-22(12-17)33-15-32-21;;/h4-7,10-12,19,29-30H,8-9,13-15H2,1-3H3,(H,27,31);2*1H. The zero-order chi connectivity index (χ0) is 23.4. The van der Waals surface area contributed by atoms with Gasteiger partial charge in [0.15, 0.2) is 11.5 Å². The second kappa shape index (κ2) is 7.78. The fourth-order valence-electron chi connectivity index (χ4n) is 4.72. The van der Waals surface area contributed by atoms with Crippen LogP contribution in [0.1, 0.15) is 53.8 Å². The first-order chi connectivity index (χ1) is 15.8. The highest BCUT2D eigenvalue weighted by Crippen LogP contribution is 2.51. The molecule has 5 rings (SSSR count). The number of rotatable bonds is 6. The third-order valence-corrected chi connectivity index (χ3v) is 6.76. The molecule has 33 heavy (non-hydrogen) atoms. The van der Waals surface area contributed by atoms with Crippen molar-refractivity contribution in [1.29, 1.82) is 0 Å². The molecule has 0 spiro atoms. The Labute approximate surface area is 195 Å². The maximum Gasteiger partial charge on any atom is 0.235 e. The van der Waals surface area contributed by atoms with Gasteiger partial charge in [-0.3, -0.25) is 4.79 Å². The Morgan fingerprint density at radius 3 is 2.48 bits per heavy atom. The molecule has 3 aromatic rings. The van der Waals surface area contributed by atoms with Crippen molar-refractivity contribution in [2.24, 2.45) is 0 Å². The third kappa shape index (κ3) is 3.65. The number of nitrogens with zero attached hydrogens (tertiary/aromatic N) is 1. The van der Waals surface area contributed by atoms with E-state index in [1.807, 2.05) is 41.0 Å². The van der Waals surface area contributed by atoms with Gasteiger partial charge in [-0.1, -0.05) is 26.8 Å². The molecule has 1 saturated carbocycles. The van der Waals surface area contributed by atoms with Crippen molar-refractivity contribution in [2.75, 3.05) is 25.3 Å². The number of aliphatic hydroxyl groups excluding tert-OH is 2. The van der Waals surface area contributed by atoms with Crippen molar-refractivity contribution in [1.82, 2.24) is 4.57 Å². The summed E-state index contributed by atoms with van der Waals surface area (Å²) in [6.07, 6.45) is 1.58. The van der Waals surface area contributed by atoms with Crippen LogP contribution in [0.15, 0.2) is 42.5 Å². The Morgan fingerprint density at radius 1 is 1.09 bits per heavy atom. The van der Waals surface area contributed by atoms with E-state index >= 15 is 0 Å². The Morgan fingerprint density at radius 2 is 1.82 bits per heavy atom. The molecule has 2 heterocycles. The molecule has 0 saturated heterocycles. The van der Waals surface area contributed by atoms with Crippen molar-refractivity contribution < 1.29 is 27.3 Å². The van der Waals surface area contributed by atoms with Gasteiger partial charge in [0.2, 0.25) is 12.7 Å². The van der Waals surface area contributed by atoms with Gasteiger partial charge in [0.25, 0.3) is 0 Å². The Hall–Kier alpha value is -3.03. The number of hydrogen-bond donors (Lipinski definition) is 3. The lowest BCUT2D eigenvalue weighted by Crippen LogP contribution is -2.27. The smallest absolute Gasteiger partial charge is 0.235 e. The number of hydrogen-bond acceptors (Lipinski definition) is 5. The lowest BCUT2D eigenvalue weighted by molar-refractivity contribution is -0.118. The molecule has 178 valence electrons. The van der Waals surface area contributed by atoms with E-state index in [0.29, 0.717) is 11.5 Å². The molecule has 1 aliphatic heterocycles. The molecule has 7 heteroatoms. The van der Waals surface area contributed by atoms with E-state index in [0.717, 1.165) is 40.7 Å². The molecule has 2 aliphatic rings. The average molecular weight is 455 g/mol. The molecular weight excluding hydrogens is 420 g/mol. The summed E-state index contributed by atoms with van der Waals surface area (Å²) < 4.78 is 12.9. The number of aromatic nitrogens is 1. The predicted octanol–water partition coefficient (Wildman–Crippen LogP) is 4.36. The van der Waals surface area contributed by atoms with Gasteiger partial charge in [0, 0.05) is 30.6 Å². The molecule has 0 radical (unpaired) electrons. The summed E-state index contributed by atoms with van der Waals surface area (Å²) in [6.45, 7) is 6.22. The van der Waals surface area contributed by atoms with Crippen LogP contribution in [0.2, 0.25) is 0 Å². The van der Waals surface area contributed by atoms with E-state index in [1.54, 1.807) is 0 Å². The number of carbonyl (C=O) groups is 1. The van der Waals surface area contributed by atoms with Crippen LogP contribution in [0.25, 0.3) is 10.9 Å². The minimum absolute atomic E-state index is 0. The molecule has 1 aliphatic carbocycles. The van der Waals surface area contributed by atoms with Crippen LogP contribution in [-0.4, -0.2) is 40.7 Å². The number of fused-ring (bicyclic) bond motifs is 2. The van der Waals surface area contributed by atoms with Crippen molar-refractivity contribution in [2.45, 2.75) is 50.5 Å². The number of ether oxygens (including phenoxy) is 2. The number of anilines is 1. The maximum atomic E-state index is 13.3. The van der Waals surface area contributed by atoms with Gasteiger partial charge in [0.05, 0.1) is 24.7 Å². The first kappa shape index (κ1) is 21.8. The summed E-state index contributed by atoms with van der Waals surface area (Å²) in [5.41, 5.74) is 2.89. The van der Waals surface area contributed by atoms with Gasteiger partial charge in [-0.25, -0.2) is 0 Å². The number of aliphatic hydroxyl groups is 2. The zero-order valence-corrected chi connectivity index (χ0v) is 19.2. The molecule has 7 nitrogen and oxygen atoms in total. The lowest BCUT2D eigenvalue weighted by atomic mass is 9.91. The average Bonchev–Trinajstić information content (AvgIpc) is 3.31. The molecule has 0 atom stereocenters. The van der Waals surface area contributed by atoms with Gasteiger partial charge >= 0.3 is 0 Å². The molecule has 1 aromatic heterocycles. The van der Waals surface area contributed by atoms with Crippen molar-refractivity contribution >= 4 is 22.5 Å². The summed E-state index contributed by atoms with van der Waals surface area (Å²) in [7, 11) is 0. The van der Waals surface area contributed by atoms with Gasteiger partial charge in [-0.2, -0.15) is 0 Å². The van der Waals surface area contributed by atoms with Crippen molar-refractivity contribution in [3.63, 3.8) is 0 Å². The van der Waals surface area contributed by atoms with Crippen LogP contribution in [-0.2, 0) is 15.6 Å². The number of nitrogens with one attached hydrogen (secondary N) is 1. The second-order valence-corrected chi connectivity index (χ2v) is 10.0. The highest BCUT2D eigenvalue weighted by Gasteiger charge is 2.51. The van der Waals surface area contributed by atoms with Crippen molar-refractivity contribution in [3.05, 3.63) is 53.7 Å². The quantitative estimate of drug-likeness (QED) is 0.515. The SMILES string of the molecule is CC(C)(C)c1cc2cc(NC(=O)C3(c4ccc5c(c4)OCO5)CC3)ccc2n1C(CO)CO.[HH].[HH]. The Balaban J connectivity index is 0.00000171. The predicted molar refractivity (Wildman–Crippen MR) is 130 cm³/mol. The highest BCUT2D eigenvalue weighted by atomic mass is 16.7. The van der Waals surface area contributed by atoms with Gasteiger partial charge in [-0.05, 0) is 54.8 Å². The molecule has 0 bridgehead atoms. The van der Waals surface area contributed by atoms with E-state index in [1.165, 1.54) is 0 Å². The monoisotopic (exact) mass is 454 g/mol. The summed E-state index contributed by atoms with van der Waals surface area (Å²) in [4.78, 5) is 13.3. The lowest BCUT2D eigenvalue weighted by Gasteiger charge is -2.26. The van der Waals surface area contributed by atoms with Crippen LogP contribution in [0.5, 0.6) is 11.5 Å². The number of amides is 1. The summed E-state index contributed by atoms with van der Waals surface area (Å²) in [6, 6.07) is 13.2. The molecular formula is C26H34N2O5. The van der Waals surface area contributed by atoms with E-state index in [-0.39, 0.29) is 34.2 Å². The first-order valence-corrected chi connectivity index (χ1v) is 11.4. The van der Waals surface area contributed by atoms with Crippen LogP contribution in [0.3, 0.4) is 0 Å². The van der Waals surface area contributed by atoms with Crippen molar-refractivity contribution in [3.8, 4) is 11.5 Å². The fourth-order valence-corrected chi connectivity index (χ4v) is 4.72. The van der Waals surface area contributed by atoms with E-state index in [4.69, 9.17) is 9.47 Å². The third-order valence-electron chi connectivity index (χ3n) is 6.76. The van der Waals surface area contributed by atoms with Crippen LogP contribution < -0.4 is 14.8 Å². The van der Waals surface area contributed by atoms with Gasteiger partial charge in [0.1, 0.15) is 0 Å². The zero-order valence-electron chi connectivity index (χ0n) is 19.2. The highest BCUT2D eigenvalue weighted by molar-refractivity contribution is 6.02. The largest absolute Gasteiger partial charge is 0.454 e. The maximum absolute atomic E-state index is 13.3. The second-order valence-electron chi connectivity index (χ2n) is 10.0. The minimum atomic E-state index is -0.544.